The Morgan fingerprint density at radius 1 is 1.39 bits per heavy atom. The largest absolute Gasteiger partial charge is 0.493 e. The number of hydrogen-bond donors (Lipinski definition) is 2. The number of imidazole rings is 1. The summed E-state index contributed by atoms with van der Waals surface area (Å²) in [6, 6.07) is 11.3. The van der Waals surface area contributed by atoms with E-state index in [-0.39, 0.29) is 18.4 Å². The number of nitrogens with zero attached hydrogens (tertiary/aromatic N) is 2. The van der Waals surface area contributed by atoms with Gasteiger partial charge in [0, 0.05) is 24.6 Å². The normalized spacial score (nSPS) is 15.7. The predicted octanol–water partition coefficient (Wildman–Crippen LogP) is 2.02. The Bertz CT molecular complexity index is 998. The van der Waals surface area contributed by atoms with Crippen LogP contribution in [0.2, 0.25) is 0 Å². The molecule has 0 bridgehead atoms. The summed E-state index contributed by atoms with van der Waals surface area (Å²) in [5.74, 6) is 1.62. The second-order valence-corrected chi connectivity index (χ2v) is 6.90. The van der Waals surface area contributed by atoms with Gasteiger partial charge in [-0.15, -0.1) is 0 Å². The molecule has 2 heterocycles. The van der Waals surface area contributed by atoms with Crippen molar-refractivity contribution in [1.82, 2.24) is 14.9 Å². The summed E-state index contributed by atoms with van der Waals surface area (Å²) in [7, 11) is 1.63. The van der Waals surface area contributed by atoms with Crippen LogP contribution in [0.3, 0.4) is 0 Å². The summed E-state index contributed by atoms with van der Waals surface area (Å²) in [5.41, 5.74) is 3.31. The summed E-state index contributed by atoms with van der Waals surface area (Å²) in [4.78, 5) is 16.9. The van der Waals surface area contributed by atoms with Crippen LogP contribution in [0.1, 0.15) is 15.9 Å². The van der Waals surface area contributed by atoms with E-state index in [2.05, 4.69) is 10.3 Å². The van der Waals surface area contributed by atoms with Gasteiger partial charge >= 0.3 is 0 Å². The van der Waals surface area contributed by atoms with Gasteiger partial charge in [-0.1, -0.05) is 12.1 Å². The van der Waals surface area contributed by atoms with Gasteiger partial charge in [0.15, 0.2) is 11.5 Å². The molecule has 28 heavy (non-hydrogen) atoms. The number of benzene rings is 2. The Balaban J connectivity index is 1.40. The van der Waals surface area contributed by atoms with Gasteiger partial charge in [-0.05, 0) is 36.2 Å². The minimum atomic E-state index is -0.130. The van der Waals surface area contributed by atoms with Gasteiger partial charge in [-0.3, -0.25) is 4.79 Å². The van der Waals surface area contributed by atoms with Crippen LogP contribution in [0.15, 0.2) is 42.7 Å². The summed E-state index contributed by atoms with van der Waals surface area (Å²) in [6.45, 7) is 1.60. The van der Waals surface area contributed by atoms with Crippen molar-refractivity contribution >= 4 is 16.9 Å². The SMILES string of the molecule is COc1cccc2c1OC[C@H](CNC(=O)c1ccc3c(c1)ncn3CCO)C2. The fraction of sp³-hybridized carbons (Fsp3) is 0.333. The molecule has 3 aromatic rings. The predicted molar refractivity (Wildman–Crippen MR) is 105 cm³/mol. The lowest BCUT2D eigenvalue weighted by molar-refractivity contribution is 0.0938. The van der Waals surface area contributed by atoms with E-state index in [0.717, 1.165) is 34.5 Å². The van der Waals surface area contributed by atoms with Crippen LogP contribution < -0.4 is 14.8 Å². The molecule has 0 spiro atoms. The van der Waals surface area contributed by atoms with Crippen molar-refractivity contribution in [2.45, 2.75) is 13.0 Å². The molecule has 1 aliphatic rings. The van der Waals surface area contributed by atoms with Gasteiger partial charge < -0.3 is 24.5 Å². The molecule has 1 aromatic heterocycles. The Morgan fingerprint density at radius 3 is 3.11 bits per heavy atom. The maximum absolute atomic E-state index is 12.6. The van der Waals surface area contributed by atoms with Crippen LogP contribution in [-0.4, -0.2) is 47.4 Å². The number of nitrogens with one attached hydrogen (secondary N) is 1. The number of aliphatic hydroxyl groups excluding tert-OH is 1. The molecule has 146 valence electrons. The minimum absolute atomic E-state index is 0.0478. The standard InChI is InChI=1S/C21H23N3O4/c1-27-19-4-2-3-15-9-14(12-28-20(15)19)11-22-21(26)16-5-6-18-17(10-16)23-13-24(18)7-8-25/h2-6,10,13-14,25H,7-9,11-12H2,1H3,(H,22,26)/t14-/m0/s1. The number of ether oxygens (including phenoxy) is 2. The molecule has 7 heteroatoms. The van der Waals surface area contributed by atoms with Gasteiger partial charge in [0.2, 0.25) is 0 Å². The third-order valence-corrected chi connectivity index (χ3v) is 5.03. The van der Waals surface area contributed by atoms with E-state index in [1.165, 1.54) is 0 Å². The van der Waals surface area contributed by atoms with E-state index in [1.807, 2.05) is 28.8 Å². The molecule has 4 rings (SSSR count). The number of carbonyl (C=O) groups is 1. The van der Waals surface area contributed by atoms with Gasteiger partial charge in [0.05, 0.1) is 37.7 Å². The number of fused-ring (bicyclic) bond motifs is 2. The fourth-order valence-electron chi connectivity index (χ4n) is 3.58. The van der Waals surface area contributed by atoms with Gasteiger partial charge in [0.1, 0.15) is 0 Å². The zero-order valence-corrected chi connectivity index (χ0v) is 15.7. The van der Waals surface area contributed by atoms with Crippen LogP contribution in [0, 0.1) is 5.92 Å². The molecule has 1 amide bonds. The fourth-order valence-corrected chi connectivity index (χ4v) is 3.58. The highest BCUT2D eigenvalue weighted by molar-refractivity contribution is 5.97. The number of para-hydroxylation sites is 1. The van der Waals surface area contributed by atoms with E-state index in [9.17, 15) is 4.79 Å². The van der Waals surface area contributed by atoms with E-state index in [4.69, 9.17) is 14.6 Å². The summed E-state index contributed by atoms with van der Waals surface area (Å²) < 4.78 is 13.1. The van der Waals surface area contributed by atoms with Crippen molar-refractivity contribution in [3.8, 4) is 11.5 Å². The Labute approximate surface area is 162 Å². The molecule has 7 nitrogen and oxygen atoms in total. The number of aromatic nitrogens is 2. The zero-order valence-electron chi connectivity index (χ0n) is 15.7. The average molecular weight is 381 g/mol. The molecule has 0 saturated carbocycles. The van der Waals surface area contributed by atoms with Gasteiger partial charge in [-0.25, -0.2) is 4.98 Å². The monoisotopic (exact) mass is 381 g/mol. The highest BCUT2D eigenvalue weighted by Gasteiger charge is 2.23. The molecular formula is C21H23N3O4. The molecule has 0 aliphatic carbocycles. The number of methoxy groups -OCH3 is 1. The van der Waals surface area contributed by atoms with Crippen molar-refractivity contribution in [3.05, 3.63) is 53.9 Å². The van der Waals surface area contributed by atoms with Crippen LogP contribution in [0.25, 0.3) is 11.0 Å². The number of rotatable bonds is 6. The molecule has 0 fully saturated rings. The maximum atomic E-state index is 12.6. The first-order chi connectivity index (χ1) is 13.7. The first-order valence-electron chi connectivity index (χ1n) is 9.32. The lowest BCUT2D eigenvalue weighted by Crippen LogP contribution is -2.34. The zero-order chi connectivity index (χ0) is 19.5. The van der Waals surface area contributed by atoms with E-state index in [1.54, 1.807) is 25.6 Å². The minimum Gasteiger partial charge on any atom is -0.493 e. The summed E-state index contributed by atoms with van der Waals surface area (Å²) in [6.07, 6.45) is 2.51. The Morgan fingerprint density at radius 2 is 2.29 bits per heavy atom. The Kier molecular flexibility index (Phi) is 5.16. The quantitative estimate of drug-likeness (QED) is 0.682. The van der Waals surface area contributed by atoms with Crippen molar-refractivity contribution < 1.29 is 19.4 Å². The average Bonchev–Trinajstić information content (AvgIpc) is 3.13. The number of aliphatic hydroxyl groups is 1. The number of hydrogen-bond acceptors (Lipinski definition) is 5. The second-order valence-electron chi connectivity index (χ2n) is 6.90. The third kappa shape index (κ3) is 3.53. The lowest BCUT2D eigenvalue weighted by atomic mass is 9.96. The molecule has 2 aromatic carbocycles. The number of amides is 1. The van der Waals surface area contributed by atoms with Crippen LogP contribution in [0.5, 0.6) is 11.5 Å². The number of carbonyl (C=O) groups excluding carboxylic acids is 1. The third-order valence-electron chi connectivity index (χ3n) is 5.03. The van der Waals surface area contributed by atoms with Crippen LogP contribution in [0.4, 0.5) is 0 Å². The summed E-state index contributed by atoms with van der Waals surface area (Å²) in [5, 5.41) is 12.1. The van der Waals surface area contributed by atoms with Crippen molar-refractivity contribution in [2.75, 3.05) is 26.9 Å². The van der Waals surface area contributed by atoms with E-state index >= 15 is 0 Å². The second kappa shape index (κ2) is 7.90. The molecule has 2 N–H and O–H groups in total. The summed E-state index contributed by atoms with van der Waals surface area (Å²) >= 11 is 0. The highest BCUT2D eigenvalue weighted by Crippen LogP contribution is 2.35. The first kappa shape index (κ1) is 18.3. The van der Waals surface area contributed by atoms with Gasteiger partial charge in [0.25, 0.3) is 5.91 Å². The maximum Gasteiger partial charge on any atom is 0.251 e. The molecular weight excluding hydrogens is 358 g/mol. The smallest absolute Gasteiger partial charge is 0.251 e. The molecule has 0 saturated heterocycles. The molecule has 1 aliphatic heterocycles. The van der Waals surface area contributed by atoms with Crippen molar-refractivity contribution in [1.29, 1.82) is 0 Å². The molecule has 0 radical (unpaired) electrons. The topological polar surface area (TPSA) is 85.6 Å². The van der Waals surface area contributed by atoms with E-state index < -0.39 is 0 Å². The molecule has 0 unspecified atom stereocenters. The van der Waals surface area contributed by atoms with Crippen LogP contribution in [-0.2, 0) is 13.0 Å². The van der Waals surface area contributed by atoms with Crippen LogP contribution >= 0.6 is 0 Å². The van der Waals surface area contributed by atoms with E-state index in [0.29, 0.717) is 25.3 Å². The highest BCUT2D eigenvalue weighted by atomic mass is 16.5. The lowest BCUT2D eigenvalue weighted by Gasteiger charge is -2.26. The first-order valence-corrected chi connectivity index (χ1v) is 9.32. The molecule has 1 atom stereocenters. The Hall–Kier alpha value is -3.06. The van der Waals surface area contributed by atoms with Crippen molar-refractivity contribution in [3.63, 3.8) is 0 Å². The van der Waals surface area contributed by atoms with Crippen molar-refractivity contribution in [2.24, 2.45) is 5.92 Å². The van der Waals surface area contributed by atoms with Gasteiger partial charge in [-0.2, -0.15) is 0 Å².